The van der Waals surface area contributed by atoms with E-state index in [1.165, 1.54) is 0 Å². The molecule has 0 aliphatic rings. The molecule has 0 radical (unpaired) electrons. The molecule has 1 N–H and O–H groups in total. The van der Waals surface area contributed by atoms with Crippen LogP contribution < -0.4 is 5.32 Å². The minimum atomic E-state index is 0.120. The molecule has 1 rings (SSSR count). The van der Waals surface area contributed by atoms with Gasteiger partial charge in [-0.05, 0) is 32.4 Å². The van der Waals surface area contributed by atoms with Crippen molar-refractivity contribution in [2.75, 3.05) is 39.8 Å². The van der Waals surface area contributed by atoms with Crippen LogP contribution in [-0.2, 0) is 11.2 Å². The Morgan fingerprint density at radius 1 is 1.30 bits per heavy atom. The van der Waals surface area contributed by atoms with E-state index in [0.29, 0.717) is 6.54 Å². The summed E-state index contributed by atoms with van der Waals surface area (Å²) in [6.07, 6.45) is 3.44. The first-order valence-electron chi connectivity index (χ1n) is 8.41. The van der Waals surface area contributed by atoms with Gasteiger partial charge in [-0.2, -0.15) is 0 Å². The minimum absolute atomic E-state index is 0.120. The van der Waals surface area contributed by atoms with Crippen molar-refractivity contribution in [3.63, 3.8) is 0 Å². The van der Waals surface area contributed by atoms with E-state index < -0.39 is 0 Å². The van der Waals surface area contributed by atoms with Crippen molar-refractivity contribution in [1.82, 2.24) is 15.1 Å². The third kappa shape index (κ3) is 6.76. The second-order valence-electron chi connectivity index (χ2n) is 5.38. The Labute approximate surface area is 139 Å². The molecular formula is C17H30N4O2. The lowest BCUT2D eigenvalue weighted by Crippen LogP contribution is -2.46. The van der Waals surface area contributed by atoms with E-state index >= 15 is 0 Å². The number of nitrogens with zero attached hydrogens (tertiary/aromatic N) is 3. The highest BCUT2D eigenvalue weighted by molar-refractivity contribution is 5.86. The first-order valence-corrected chi connectivity index (χ1v) is 8.41. The van der Waals surface area contributed by atoms with E-state index in [9.17, 15) is 4.79 Å². The molecule has 6 heteroatoms. The Bertz CT molecular complexity index is 467. The van der Waals surface area contributed by atoms with Gasteiger partial charge in [0.1, 0.15) is 5.76 Å². The molecule has 0 unspecified atom stereocenters. The molecule has 6 nitrogen and oxygen atoms in total. The monoisotopic (exact) mass is 322 g/mol. The van der Waals surface area contributed by atoms with Gasteiger partial charge in [0.05, 0.1) is 12.8 Å². The van der Waals surface area contributed by atoms with E-state index in [1.807, 2.05) is 42.8 Å². The summed E-state index contributed by atoms with van der Waals surface area (Å²) in [7, 11) is 1.90. The molecule has 0 saturated heterocycles. The minimum Gasteiger partial charge on any atom is -0.469 e. The highest BCUT2D eigenvalue weighted by atomic mass is 16.3. The molecule has 0 aliphatic carbocycles. The number of likely N-dealkylation sites (N-methyl/N-ethyl adjacent to an activating group) is 2. The number of furan rings is 1. The molecule has 1 amide bonds. The Morgan fingerprint density at radius 2 is 2.04 bits per heavy atom. The first kappa shape index (κ1) is 19.1. The second-order valence-corrected chi connectivity index (χ2v) is 5.38. The molecule has 23 heavy (non-hydrogen) atoms. The molecular weight excluding hydrogens is 292 g/mol. The van der Waals surface area contributed by atoms with Gasteiger partial charge in [0.25, 0.3) is 0 Å². The zero-order valence-electron chi connectivity index (χ0n) is 14.8. The highest BCUT2D eigenvalue weighted by Gasteiger charge is 2.15. The Balaban J connectivity index is 2.56. The van der Waals surface area contributed by atoms with Crippen LogP contribution >= 0.6 is 0 Å². The summed E-state index contributed by atoms with van der Waals surface area (Å²) in [5, 5.41) is 3.32. The average molecular weight is 322 g/mol. The predicted molar refractivity (Wildman–Crippen MR) is 93.6 cm³/mol. The maximum absolute atomic E-state index is 12.2. The van der Waals surface area contributed by atoms with Crippen molar-refractivity contribution >= 4 is 11.9 Å². The molecule has 0 aromatic carbocycles. The highest BCUT2D eigenvalue weighted by Crippen LogP contribution is 2.00. The molecule has 0 fully saturated rings. The van der Waals surface area contributed by atoms with Gasteiger partial charge in [0.2, 0.25) is 5.91 Å². The van der Waals surface area contributed by atoms with Crippen LogP contribution in [0.25, 0.3) is 0 Å². The van der Waals surface area contributed by atoms with Crippen molar-refractivity contribution in [3.8, 4) is 0 Å². The van der Waals surface area contributed by atoms with E-state index in [2.05, 4.69) is 17.2 Å². The molecule has 0 atom stereocenters. The fraction of sp³-hybridized carbons (Fsp3) is 0.647. The molecule has 1 aromatic rings. The van der Waals surface area contributed by atoms with Crippen LogP contribution in [0.15, 0.2) is 27.8 Å². The zero-order chi connectivity index (χ0) is 17.1. The van der Waals surface area contributed by atoms with Crippen molar-refractivity contribution in [2.24, 2.45) is 4.99 Å². The van der Waals surface area contributed by atoms with E-state index in [1.54, 1.807) is 6.26 Å². The summed E-state index contributed by atoms with van der Waals surface area (Å²) in [6, 6.07) is 3.84. The normalized spacial score (nSPS) is 11.4. The number of hydrogen-bond acceptors (Lipinski definition) is 3. The van der Waals surface area contributed by atoms with Gasteiger partial charge in [-0.3, -0.25) is 9.79 Å². The van der Waals surface area contributed by atoms with Crippen LogP contribution in [0.4, 0.5) is 0 Å². The molecule has 0 spiro atoms. The van der Waals surface area contributed by atoms with E-state index in [0.717, 1.165) is 50.7 Å². The van der Waals surface area contributed by atoms with Crippen LogP contribution in [0.5, 0.6) is 0 Å². The molecule has 1 aromatic heterocycles. The van der Waals surface area contributed by atoms with Crippen molar-refractivity contribution < 1.29 is 9.21 Å². The summed E-state index contributed by atoms with van der Waals surface area (Å²) in [6.45, 7) is 9.34. The lowest BCUT2D eigenvalue weighted by molar-refractivity contribution is -0.131. The summed E-state index contributed by atoms with van der Waals surface area (Å²) in [5.74, 6) is 1.82. The maximum atomic E-state index is 12.2. The Morgan fingerprint density at radius 3 is 2.61 bits per heavy atom. The van der Waals surface area contributed by atoms with E-state index in [-0.39, 0.29) is 5.91 Å². The third-order valence-electron chi connectivity index (χ3n) is 3.57. The van der Waals surface area contributed by atoms with Crippen LogP contribution in [0.2, 0.25) is 0 Å². The standard InChI is InChI=1S/C17H30N4O2/c1-5-11-18-17(19-12-10-15-9-8-13-23-15)20(4)14-16(22)21(6-2)7-3/h8-9,13H,5-7,10-12,14H2,1-4H3,(H,18,19). The van der Waals surface area contributed by atoms with Gasteiger partial charge >= 0.3 is 0 Å². The number of rotatable bonds is 9. The largest absolute Gasteiger partial charge is 0.469 e. The summed E-state index contributed by atoms with van der Waals surface area (Å²) in [4.78, 5) is 20.5. The average Bonchev–Trinajstić information content (AvgIpc) is 3.05. The number of amides is 1. The molecule has 0 saturated carbocycles. The van der Waals surface area contributed by atoms with E-state index in [4.69, 9.17) is 4.42 Å². The van der Waals surface area contributed by atoms with Crippen LogP contribution in [-0.4, -0.2) is 61.4 Å². The lowest BCUT2D eigenvalue weighted by atomic mass is 10.3. The van der Waals surface area contributed by atoms with Crippen molar-refractivity contribution in [2.45, 2.75) is 33.6 Å². The van der Waals surface area contributed by atoms with Crippen LogP contribution in [0.3, 0.4) is 0 Å². The first-order chi connectivity index (χ1) is 11.1. The maximum Gasteiger partial charge on any atom is 0.242 e. The predicted octanol–water partition coefficient (Wildman–Crippen LogP) is 1.98. The zero-order valence-corrected chi connectivity index (χ0v) is 14.8. The van der Waals surface area contributed by atoms with Crippen molar-refractivity contribution in [3.05, 3.63) is 24.2 Å². The van der Waals surface area contributed by atoms with Crippen LogP contribution in [0.1, 0.15) is 33.0 Å². The Hall–Kier alpha value is -1.98. The van der Waals surface area contributed by atoms with Gasteiger partial charge in [0, 0.05) is 39.6 Å². The Kier molecular flexibility index (Phi) is 8.87. The lowest BCUT2D eigenvalue weighted by Gasteiger charge is -2.25. The van der Waals surface area contributed by atoms with Gasteiger partial charge in [-0.25, -0.2) is 0 Å². The third-order valence-corrected chi connectivity index (χ3v) is 3.57. The van der Waals surface area contributed by atoms with Gasteiger partial charge in [-0.15, -0.1) is 0 Å². The summed E-state index contributed by atoms with van der Waals surface area (Å²) in [5.41, 5.74) is 0. The van der Waals surface area contributed by atoms with Gasteiger partial charge < -0.3 is 19.5 Å². The fourth-order valence-electron chi connectivity index (χ4n) is 2.24. The van der Waals surface area contributed by atoms with Crippen molar-refractivity contribution in [1.29, 1.82) is 0 Å². The molecule has 130 valence electrons. The van der Waals surface area contributed by atoms with Gasteiger partial charge in [0.15, 0.2) is 5.96 Å². The quantitative estimate of drug-likeness (QED) is 0.558. The number of aliphatic imine (C=N–C) groups is 1. The number of guanidine groups is 1. The number of nitrogens with one attached hydrogen (secondary N) is 1. The number of hydrogen-bond donors (Lipinski definition) is 1. The topological polar surface area (TPSA) is 61.1 Å². The number of carbonyl (C=O) groups excluding carboxylic acids is 1. The van der Waals surface area contributed by atoms with Crippen LogP contribution in [0, 0.1) is 0 Å². The number of carbonyl (C=O) groups is 1. The smallest absolute Gasteiger partial charge is 0.242 e. The van der Waals surface area contributed by atoms with Gasteiger partial charge in [-0.1, -0.05) is 6.92 Å². The summed E-state index contributed by atoms with van der Waals surface area (Å²) < 4.78 is 5.33. The SMILES string of the molecule is CCCN=C(NCCc1ccco1)N(C)CC(=O)N(CC)CC. The molecule has 0 aliphatic heterocycles. The molecule has 0 bridgehead atoms. The summed E-state index contributed by atoms with van der Waals surface area (Å²) >= 11 is 0. The fourth-order valence-corrected chi connectivity index (χ4v) is 2.24. The second kappa shape index (κ2) is 10.7. The molecule has 1 heterocycles.